The third kappa shape index (κ3) is 3.51. The summed E-state index contributed by atoms with van der Waals surface area (Å²) in [6, 6.07) is 0. The largest absolute Gasteiger partial charge is 0.388 e. The van der Waals surface area contributed by atoms with E-state index in [4.69, 9.17) is 0 Å². The van der Waals surface area contributed by atoms with E-state index in [0.717, 1.165) is 25.7 Å². The number of carbonyl (C=O) groups excluding carboxylic acids is 2. The Morgan fingerprint density at radius 3 is 2.65 bits per heavy atom. The van der Waals surface area contributed by atoms with Crippen molar-refractivity contribution >= 4 is 11.8 Å². The molecule has 2 fully saturated rings. The Balaban J connectivity index is 1.79. The van der Waals surface area contributed by atoms with Crippen LogP contribution in [0.3, 0.4) is 0 Å². The minimum absolute atomic E-state index is 0.0536. The van der Waals surface area contributed by atoms with Gasteiger partial charge in [0.05, 0.1) is 11.5 Å². The first-order valence-corrected chi connectivity index (χ1v) is 7.71. The number of carbonyl (C=O) groups is 2. The van der Waals surface area contributed by atoms with Gasteiger partial charge in [0.1, 0.15) is 0 Å². The summed E-state index contributed by atoms with van der Waals surface area (Å²) in [7, 11) is 0. The zero-order chi connectivity index (χ0) is 14.8. The third-order valence-corrected chi connectivity index (χ3v) is 4.76. The summed E-state index contributed by atoms with van der Waals surface area (Å²) < 4.78 is 0. The molecule has 1 atom stereocenters. The summed E-state index contributed by atoms with van der Waals surface area (Å²) in [5.74, 6) is 0.365. The second kappa shape index (κ2) is 6.12. The molecule has 5 nitrogen and oxygen atoms in total. The van der Waals surface area contributed by atoms with Gasteiger partial charge >= 0.3 is 0 Å². The van der Waals surface area contributed by atoms with Crippen molar-refractivity contribution in [3.8, 4) is 0 Å². The molecule has 2 aliphatic rings. The number of nitrogens with zero attached hydrogens (tertiary/aromatic N) is 1. The SMILES string of the molecule is CCN1CC(C(=O)NCC2(O)CCC(C)CC2)CC1=O. The van der Waals surface area contributed by atoms with Crippen molar-refractivity contribution in [1.29, 1.82) is 0 Å². The molecule has 1 saturated carbocycles. The summed E-state index contributed by atoms with van der Waals surface area (Å²) in [5, 5.41) is 13.3. The highest BCUT2D eigenvalue weighted by Gasteiger charge is 2.36. The molecular weight excluding hydrogens is 256 g/mol. The second-order valence-corrected chi connectivity index (χ2v) is 6.46. The first kappa shape index (κ1) is 15.3. The van der Waals surface area contributed by atoms with Crippen molar-refractivity contribution in [2.24, 2.45) is 11.8 Å². The highest BCUT2D eigenvalue weighted by molar-refractivity contribution is 5.89. The summed E-state index contributed by atoms with van der Waals surface area (Å²) in [5.41, 5.74) is -0.755. The molecule has 1 aliphatic carbocycles. The Morgan fingerprint density at radius 2 is 2.10 bits per heavy atom. The zero-order valence-corrected chi connectivity index (χ0v) is 12.5. The molecule has 2 N–H and O–H groups in total. The van der Waals surface area contributed by atoms with Gasteiger partial charge < -0.3 is 15.3 Å². The van der Waals surface area contributed by atoms with E-state index < -0.39 is 5.60 Å². The van der Waals surface area contributed by atoms with Crippen LogP contribution in [-0.4, -0.2) is 47.1 Å². The van der Waals surface area contributed by atoms with Crippen molar-refractivity contribution in [1.82, 2.24) is 10.2 Å². The van der Waals surface area contributed by atoms with Crippen molar-refractivity contribution in [2.45, 2.75) is 51.6 Å². The maximum atomic E-state index is 12.1. The molecule has 114 valence electrons. The van der Waals surface area contributed by atoms with Crippen LogP contribution in [0.5, 0.6) is 0 Å². The van der Waals surface area contributed by atoms with Gasteiger partial charge in [-0.3, -0.25) is 9.59 Å². The van der Waals surface area contributed by atoms with E-state index in [-0.39, 0.29) is 17.7 Å². The quantitative estimate of drug-likeness (QED) is 0.805. The van der Waals surface area contributed by atoms with Gasteiger partial charge in [-0.15, -0.1) is 0 Å². The van der Waals surface area contributed by atoms with Gasteiger partial charge in [-0.1, -0.05) is 6.92 Å². The van der Waals surface area contributed by atoms with E-state index in [1.54, 1.807) is 4.90 Å². The maximum absolute atomic E-state index is 12.1. The van der Waals surface area contributed by atoms with Crippen LogP contribution >= 0.6 is 0 Å². The molecule has 2 rings (SSSR count). The van der Waals surface area contributed by atoms with Crippen LogP contribution in [0.25, 0.3) is 0 Å². The molecule has 0 aromatic carbocycles. The van der Waals surface area contributed by atoms with E-state index in [9.17, 15) is 14.7 Å². The third-order valence-electron chi connectivity index (χ3n) is 4.76. The zero-order valence-electron chi connectivity index (χ0n) is 12.5. The number of hydrogen-bond acceptors (Lipinski definition) is 3. The number of likely N-dealkylation sites (tertiary alicyclic amines) is 1. The van der Waals surface area contributed by atoms with E-state index in [2.05, 4.69) is 12.2 Å². The van der Waals surface area contributed by atoms with Crippen LogP contribution < -0.4 is 5.32 Å². The van der Waals surface area contributed by atoms with E-state index in [1.165, 1.54) is 0 Å². The van der Waals surface area contributed by atoms with E-state index >= 15 is 0 Å². The molecule has 0 radical (unpaired) electrons. The molecule has 1 unspecified atom stereocenters. The molecule has 20 heavy (non-hydrogen) atoms. The highest BCUT2D eigenvalue weighted by atomic mass is 16.3. The van der Waals surface area contributed by atoms with Crippen LogP contribution in [0, 0.1) is 11.8 Å². The van der Waals surface area contributed by atoms with Gasteiger partial charge in [-0.25, -0.2) is 0 Å². The predicted octanol–water partition coefficient (Wildman–Crippen LogP) is 0.912. The first-order valence-electron chi connectivity index (χ1n) is 7.71. The smallest absolute Gasteiger partial charge is 0.225 e. The summed E-state index contributed by atoms with van der Waals surface area (Å²) in [6.45, 7) is 5.60. The van der Waals surface area contributed by atoms with Gasteiger partial charge in [0.15, 0.2) is 0 Å². The van der Waals surface area contributed by atoms with Crippen molar-refractivity contribution in [2.75, 3.05) is 19.6 Å². The fourth-order valence-corrected chi connectivity index (χ4v) is 3.13. The van der Waals surface area contributed by atoms with Gasteiger partial charge in [-0.05, 0) is 38.5 Å². The molecule has 5 heteroatoms. The number of hydrogen-bond donors (Lipinski definition) is 2. The highest BCUT2D eigenvalue weighted by Crippen LogP contribution is 2.31. The second-order valence-electron chi connectivity index (χ2n) is 6.46. The molecule has 0 spiro atoms. The van der Waals surface area contributed by atoms with Crippen LogP contribution in [-0.2, 0) is 9.59 Å². The van der Waals surface area contributed by atoms with Gasteiger partial charge in [-0.2, -0.15) is 0 Å². The van der Waals surface area contributed by atoms with E-state index in [1.807, 2.05) is 6.92 Å². The van der Waals surface area contributed by atoms with Crippen molar-refractivity contribution in [3.63, 3.8) is 0 Å². The fourth-order valence-electron chi connectivity index (χ4n) is 3.13. The van der Waals surface area contributed by atoms with Gasteiger partial charge in [0.2, 0.25) is 11.8 Å². The lowest BCUT2D eigenvalue weighted by Gasteiger charge is -2.35. The number of rotatable bonds is 4. The molecule has 1 aliphatic heterocycles. The van der Waals surface area contributed by atoms with Crippen LogP contribution in [0.1, 0.15) is 46.0 Å². The lowest BCUT2D eigenvalue weighted by molar-refractivity contribution is -0.129. The van der Waals surface area contributed by atoms with Crippen LogP contribution in [0.15, 0.2) is 0 Å². The Morgan fingerprint density at radius 1 is 1.45 bits per heavy atom. The van der Waals surface area contributed by atoms with E-state index in [0.29, 0.717) is 32.0 Å². The Labute approximate surface area is 120 Å². The first-order chi connectivity index (χ1) is 9.43. The summed E-state index contributed by atoms with van der Waals surface area (Å²) in [6.07, 6.45) is 3.82. The Kier molecular flexibility index (Phi) is 4.68. The number of amides is 2. The average Bonchev–Trinajstić information content (AvgIpc) is 2.81. The molecule has 2 amide bonds. The number of nitrogens with one attached hydrogen (secondary N) is 1. The normalized spacial score (nSPS) is 34.4. The van der Waals surface area contributed by atoms with Crippen molar-refractivity contribution < 1.29 is 14.7 Å². The van der Waals surface area contributed by atoms with Gasteiger partial charge in [0.25, 0.3) is 0 Å². The predicted molar refractivity (Wildman–Crippen MR) is 76.0 cm³/mol. The summed E-state index contributed by atoms with van der Waals surface area (Å²) >= 11 is 0. The van der Waals surface area contributed by atoms with Crippen molar-refractivity contribution in [3.05, 3.63) is 0 Å². The fraction of sp³-hybridized carbons (Fsp3) is 0.867. The number of aliphatic hydroxyl groups is 1. The minimum atomic E-state index is -0.755. The Bertz CT molecular complexity index is 375. The molecule has 1 saturated heterocycles. The van der Waals surface area contributed by atoms with Gasteiger partial charge in [0, 0.05) is 26.1 Å². The van der Waals surface area contributed by atoms with Crippen LogP contribution in [0.4, 0.5) is 0 Å². The molecule has 1 heterocycles. The molecule has 0 bridgehead atoms. The topological polar surface area (TPSA) is 69.6 Å². The van der Waals surface area contributed by atoms with Crippen LogP contribution in [0.2, 0.25) is 0 Å². The Hall–Kier alpha value is -1.10. The molecular formula is C15H26N2O3. The average molecular weight is 282 g/mol. The minimum Gasteiger partial charge on any atom is -0.388 e. The monoisotopic (exact) mass is 282 g/mol. The maximum Gasteiger partial charge on any atom is 0.225 e. The standard InChI is InChI=1S/C15H26N2O3/c1-3-17-9-12(8-13(17)18)14(19)16-10-15(20)6-4-11(2)5-7-15/h11-12,20H,3-10H2,1-2H3,(H,16,19). The lowest BCUT2D eigenvalue weighted by atomic mass is 9.79. The summed E-state index contributed by atoms with van der Waals surface area (Å²) in [4.78, 5) is 25.4. The molecule has 0 aromatic rings. The molecule has 0 aromatic heterocycles. The lowest BCUT2D eigenvalue weighted by Crippen LogP contribution is -2.46.